The lowest BCUT2D eigenvalue weighted by Gasteiger charge is -2.28. The molecule has 0 saturated heterocycles. The van der Waals surface area contributed by atoms with Gasteiger partial charge in [0, 0.05) is 17.3 Å². The number of nitrogens with zero attached hydrogens (tertiary/aromatic N) is 3. The third-order valence-corrected chi connectivity index (χ3v) is 15.0. The van der Waals surface area contributed by atoms with Gasteiger partial charge in [-0.3, -0.25) is 0 Å². The summed E-state index contributed by atoms with van der Waals surface area (Å²) in [6.07, 6.45) is 1.84. The predicted molar refractivity (Wildman–Crippen MR) is 256 cm³/mol. The summed E-state index contributed by atoms with van der Waals surface area (Å²) in [4.78, 5) is 11.1. The van der Waals surface area contributed by atoms with E-state index in [-0.39, 0.29) is 10.8 Å². The molecular weight excluding hydrogens is 763 g/mol. The minimum atomic E-state index is -0.117. The fourth-order valence-electron chi connectivity index (χ4n) is 11.9. The van der Waals surface area contributed by atoms with Crippen LogP contribution in [0, 0.1) is 0 Å². The van der Waals surface area contributed by atoms with Crippen LogP contribution in [0.2, 0.25) is 0 Å². The molecule has 0 N–H and O–H groups in total. The fraction of sp³-hybridized carbons (Fsp3) is 0.150. The van der Waals surface area contributed by atoms with Crippen LogP contribution < -0.4 is 4.57 Å². The van der Waals surface area contributed by atoms with E-state index in [2.05, 4.69) is 202 Å². The molecule has 0 atom stereocenters. The molecule has 2 heterocycles. The zero-order chi connectivity index (χ0) is 42.2. The number of benzene rings is 8. The zero-order valence-electron chi connectivity index (χ0n) is 36.1. The van der Waals surface area contributed by atoms with Crippen molar-refractivity contribution in [2.45, 2.75) is 57.9 Å². The van der Waals surface area contributed by atoms with Crippen molar-refractivity contribution in [3.63, 3.8) is 0 Å². The van der Waals surface area contributed by atoms with Crippen LogP contribution in [0.25, 0.3) is 89.8 Å². The third kappa shape index (κ3) is 5.17. The molecular formula is C60H46N3+. The molecule has 0 bridgehead atoms. The molecule has 3 aliphatic carbocycles. The van der Waals surface area contributed by atoms with Gasteiger partial charge < -0.3 is 0 Å². The van der Waals surface area contributed by atoms with Gasteiger partial charge in [0.15, 0.2) is 0 Å². The number of aromatic nitrogens is 3. The molecule has 300 valence electrons. The van der Waals surface area contributed by atoms with Crippen molar-refractivity contribution in [1.29, 1.82) is 0 Å². The minimum absolute atomic E-state index is 0.101. The lowest BCUT2D eigenvalue weighted by atomic mass is 9.77. The second-order valence-corrected chi connectivity index (χ2v) is 19.0. The molecule has 1 aromatic heterocycles. The topological polar surface area (TPSA) is 29.7 Å². The molecule has 0 spiro atoms. The van der Waals surface area contributed by atoms with E-state index in [9.17, 15) is 0 Å². The molecule has 9 aromatic rings. The Morgan fingerprint density at radius 3 is 1.60 bits per heavy atom. The van der Waals surface area contributed by atoms with Crippen LogP contribution in [-0.4, -0.2) is 9.97 Å². The normalized spacial score (nSPS) is 15.0. The van der Waals surface area contributed by atoms with Crippen LogP contribution in [0.4, 0.5) is 0 Å². The summed E-state index contributed by atoms with van der Waals surface area (Å²) in [5.74, 6) is 2.71. The van der Waals surface area contributed by atoms with Crippen molar-refractivity contribution in [3.05, 3.63) is 209 Å². The minimum Gasteiger partial charge on any atom is -0.225 e. The average Bonchev–Trinajstić information content (AvgIpc) is 3.91. The largest absolute Gasteiger partial charge is 0.308 e. The summed E-state index contributed by atoms with van der Waals surface area (Å²) in [5.41, 5.74) is 26.1. The van der Waals surface area contributed by atoms with E-state index in [4.69, 9.17) is 9.97 Å². The maximum absolute atomic E-state index is 5.54. The van der Waals surface area contributed by atoms with Crippen molar-refractivity contribution in [2.75, 3.05) is 0 Å². The first-order valence-electron chi connectivity index (χ1n) is 22.5. The van der Waals surface area contributed by atoms with Gasteiger partial charge in [-0.1, -0.05) is 177 Å². The number of hydrogen-bond acceptors (Lipinski definition) is 2. The molecule has 13 rings (SSSR count). The number of fused-ring (bicyclic) bond motifs is 13. The first kappa shape index (κ1) is 36.4. The van der Waals surface area contributed by atoms with Gasteiger partial charge in [-0.15, -0.1) is 0 Å². The van der Waals surface area contributed by atoms with Crippen molar-refractivity contribution >= 4 is 0 Å². The van der Waals surface area contributed by atoms with E-state index >= 15 is 0 Å². The van der Waals surface area contributed by atoms with Crippen molar-refractivity contribution < 1.29 is 4.57 Å². The van der Waals surface area contributed by atoms with Crippen LogP contribution >= 0.6 is 0 Å². The summed E-state index contributed by atoms with van der Waals surface area (Å²) in [5, 5.41) is 0. The first-order valence-corrected chi connectivity index (χ1v) is 22.5. The summed E-state index contributed by atoms with van der Waals surface area (Å²) < 4.78 is 2.40. The van der Waals surface area contributed by atoms with E-state index in [1.807, 2.05) is 0 Å². The maximum Gasteiger partial charge on any atom is 0.308 e. The Labute approximate surface area is 369 Å². The van der Waals surface area contributed by atoms with Gasteiger partial charge in [-0.05, 0) is 131 Å². The second-order valence-electron chi connectivity index (χ2n) is 19.0. The summed E-state index contributed by atoms with van der Waals surface area (Å²) >= 11 is 0. The Morgan fingerprint density at radius 2 is 0.889 bits per heavy atom. The monoisotopic (exact) mass is 808 g/mol. The van der Waals surface area contributed by atoms with Crippen LogP contribution in [0.3, 0.4) is 0 Å². The molecule has 3 nitrogen and oxygen atoms in total. The van der Waals surface area contributed by atoms with E-state index in [1.54, 1.807) is 0 Å². The molecule has 0 saturated carbocycles. The van der Waals surface area contributed by atoms with Gasteiger partial charge in [0.05, 0.1) is 23.2 Å². The van der Waals surface area contributed by atoms with Crippen molar-refractivity contribution in [1.82, 2.24) is 9.97 Å². The SMILES string of the molecule is CC1(C)c2ccccc2-c2ccc(-c3nc(-c4ccc(-c5cccc6c5Cc5c(-c7ccccc7)cccc5-6)cc4)nc4[n+]3CCc3c-4ccc4c3C(C)(C)c3ccccc3-4)cc21. The Hall–Kier alpha value is -7.23. The van der Waals surface area contributed by atoms with E-state index < -0.39 is 0 Å². The zero-order valence-corrected chi connectivity index (χ0v) is 36.1. The highest BCUT2D eigenvalue weighted by Gasteiger charge is 2.42. The standard InChI is InChI=1S/C60H46N3/c1-59(2)52-22-10-8-16-44(52)46-29-28-39(34-54(46)59)57-61-56(62-58-49-31-30-47-45-17-9-11-23-53(45)60(3,4)55(47)48(49)32-33-63(57)58)38-26-24-37(25-27-38)41-19-13-21-43-42-20-12-18-40(50(42)35-51(41)43)36-14-6-5-7-15-36/h5-31,34H,32-33,35H2,1-4H3/q+1. The fourth-order valence-corrected chi connectivity index (χ4v) is 11.9. The lowest BCUT2D eigenvalue weighted by molar-refractivity contribution is -0.681. The predicted octanol–water partition coefficient (Wildman–Crippen LogP) is 13.8. The van der Waals surface area contributed by atoms with Crippen LogP contribution in [-0.2, 0) is 30.2 Å². The Bertz CT molecular complexity index is 3390. The van der Waals surface area contributed by atoms with Crippen LogP contribution in [0.1, 0.15) is 66.6 Å². The van der Waals surface area contributed by atoms with Crippen LogP contribution in [0.15, 0.2) is 170 Å². The molecule has 8 aromatic carbocycles. The average molecular weight is 809 g/mol. The lowest BCUT2D eigenvalue weighted by Crippen LogP contribution is -2.45. The molecule has 1 aliphatic heterocycles. The van der Waals surface area contributed by atoms with Gasteiger partial charge in [-0.2, -0.15) is 0 Å². The summed E-state index contributed by atoms with van der Waals surface area (Å²) in [7, 11) is 0. The van der Waals surface area contributed by atoms with Crippen LogP contribution in [0.5, 0.6) is 0 Å². The van der Waals surface area contributed by atoms with Gasteiger partial charge in [0.2, 0.25) is 0 Å². The van der Waals surface area contributed by atoms with E-state index in [0.717, 1.165) is 48.0 Å². The van der Waals surface area contributed by atoms with Gasteiger partial charge >= 0.3 is 5.82 Å². The number of hydrogen-bond donors (Lipinski definition) is 0. The van der Waals surface area contributed by atoms with Crippen molar-refractivity contribution in [3.8, 4) is 89.8 Å². The Morgan fingerprint density at radius 1 is 0.381 bits per heavy atom. The number of rotatable bonds is 4. The van der Waals surface area contributed by atoms with Gasteiger partial charge in [-0.25, -0.2) is 4.57 Å². The van der Waals surface area contributed by atoms with Gasteiger partial charge in [0.25, 0.3) is 11.6 Å². The summed E-state index contributed by atoms with van der Waals surface area (Å²) in [6, 6.07) is 62.9. The molecule has 4 aliphatic rings. The Balaban J connectivity index is 0.947. The van der Waals surface area contributed by atoms with Gasteiger partial charge in [0.1, 0.15) is 0 Å². The smallest absolute Gasteiger partial charge is 0.225 e. The summed E-state index contributed by atoms with van der Waals surface area (Å²) in [6.45, 7) is 10.3. The molecule has 0 amide bonds. The Kier molecular flexibility index (Phi) is 7.60. The highest BCUT2D eigenvalue weighted by Crippen LogP contribution is 2.53. The highest BCUT2D eigenvalue weighted by atomic mass is 15.2. The highest BCUT2D eigenvalue weighted by molar-refractivity contribution is 5.90. The quantitative estimate of drug-likeness (QED) is 0.166. The molecule has 0 fully saturated rings. The second kappa shape index (κ2) is 13.1. The molecule has 63 heavy (non-hydrogen) atoms. The maximum atomic E-state index is 5.54. The molecule has 0 unspecified atom stereocenters. The van der Waals surface area contributed by atoms with E-state index in [1.165, 1.54) is 100 Å². The third-order valence-electron chi connectivity index (χ3n) is 15.0. The first-order chi connectivity index (χ1) is 30.8. The van der Waals surface area contributed by atoms with Crippen molar-refractivity contribution in [2.24, 2.45) is 0 Å². The van der Waals surface area contributed by atoms with E-state index in [0.29, 0.717) is 0 Å². The molecule has 0 radical (unpaired) electrons. The molecule has 3 heteroatoms.